The van der Waals surface area contributed by atoms with Crippen LogP contribution in [-0.4, -0.2) is 45.7 Å². The fraction of sp³-hybridized carbons (Fsp3) is 0.400. The molecule has 1 aromatic carbocycles. The fourth-order valence-electron chi connectivity index (χ4n) is 3.08. The van der Waals surface area contributed by atoms with Gasteiger partial charge in [0, 0.05) is 18.2 Å². The quantitative estimate of drug-likeness (QED) is 0.529. The summed E-state index contributed by atoms with van der Waals surface area (Å²) in [4.78, 5) is 6.47. The van der Waals surface area contributed by atoms with Crippen LogP contribution in [0.3, 0.4) is 0 Å². The second-order valence-corrected chi connectivity index (χ2v) is 6.36. The minimum Gasteiger partial charge on any atom is -0.477 e. The standard InChI is InChI=1S/C20H23F3N4O/c1-3-26(4-2)12-7-13-28-19-11-10-18-24-14-17(27(18)25-19)15-8-5-6-9-16(15)20(21,22)23/h5-6,8-11,14H,3-4,7,12-13H2,1-2H3. The molecule has 0 aliphatic rings. The van der Waals surface area contributed by atoms with Crippen LogP contribution in [0, 0.1) is 0 Å². The minimum absolute atomic E-state index is 0.0358. The molecule has 0 spiro atoms. The van der Waals surface area contributed by atoms with E-state index < -0.39 is 11.7 Å². The van der Waals surface area contributed by atoms with E-state index in [0.717, 1.165) is 32.1 Å². The summed E-state index contributed by atoms with van der Waals surface area (Å²) in [5.41, 5.74) is 0.0526. The Morgan fingerprint density at radius 1 is 1.07 bits per heavy atom. The topological polar surface area (TPSA) is 42.7 Å². The number of aromatic nitrogens is 3. The highest BCUT2D eigenvalue weighted by Crippen LogP contribution is 2.36. The van der Waals surface area contributed by atoms with Gasteiger partial charge in [0.2, 0.25) is 5.88 Å². The number of ether oxygens (including phenoxy) is 1. The largest absolute Gasteiger partial charge is 0.477 e. The summed E-state index contributed by atoms with van der Waals surface area (Å²) < 4.78 is 47.2. The molecule has 0 radical (unpaired) electrons. The molecule has 28 heavy (non-hydrogen) atoms. The molecule has 150 valence electrons. The molecular formula is C20H23F3N4O. The number of fused-ring (bicyclic) bond motifs is 1. The highest BCUT2D eigenvalue weighted by Gasteiger charge is 2.34. The van der Waals surface area contributed by atoms with Gasteiger partial charge in [-0.15, -0.1) is 5.10 Å². The van der Waals surface area contributed by atoms with Crippen LogP contribution in [0.4, 0.5) is 13.2 Å². The van der Waals surface area contributed by atoms with E-state index in [4.69, 9.17) is 4.74 Å². The number of imidazole rings is 1. The van der Waals surface area contributed by atoms with Crippen molar-refractivity contribution in [2.75, 3.05) is 26.2 Å². The molecule has 2 aromatic heterocycles. The van der Waals surface area contributed by atoms with Crippen LogP contribution in [-0.2, 0) is 6.18 Å². The van der Waals surface area contributed by atoms with Gasteiger partial charge in [0.15, 0.2) is 5.65 Å². The first kappa shape index (κ1) is 20.1. The van der Waals surface area contributed by atoms with Crippen molar-refractivity contribution in [3.8, 4) is 17.1 Å². The van der Waals surface area contributed by atoms with E-state index in [1.165, 1.54) is 22.8 Å². The molecular weight excluding hydrogens is 369 g/mol. The van der Waals surface area contributed by atoms with Crippen LogP contribution in [0.25, 0.3) is 16.9 Å². The summed E-state index contributed by atoms with van der Waals surface area (Å²) in [5, 5.41) is 4.34. The monoisotopic (exact) mass is 392 g/mol. The third-order valence-electron chi connectivity index (χ3n) is 4.61. The first-order valence-corrected chi connectivity index (χ1v) is 9.30. The summed E-state index contributed by atoms with van der Waals surface area (Å²) in [7, 11) is 0. The summed E-state index contributed by atoms with van der Waals surface area (Å²) in [5.74, 6) is 0.357. The van der Waals surface area contributed by atoms with Crippen molar-refractivity contribution in [3.05, 3.63) is 48.2 Å². The van der Waals surface area contributed by atoms with E-state index >= 15 is 0 Å². The first-order valence-electron chi connectivity index (χ1n) is 9.30. The van der Waals surface area contributed by atoms with Crippen LogP contribution >= 0.6 is 0 Å². The molecule has 0 bridgehead atoms. The van der Waals surface area contributed by atoms with Gasteiger partial charge in [-0.3, -0.25) is 0 Å². The highest BCUT2D eigenvalue weighted by molar-refractivity contribution is 5.67. The van der Waals surface area contributed by atoms with Crippen LogP contribution in [0.15, 0.2) is 42.6 Å². The number of halogens is 3. The molecule has 0 aliphatic heterocycles. The van der Waals surface area contributed by atoms with Gasteiger partial charge < -0.3 is 9.64 Å². The molecule has 0 aliphatic carbocycles. The van der Waals surface area contributed by atoms with Crippen molar-refractivity contribution in [1.29, 1.82) is 0 Å². The zero-order valence-corrected chi connectivity index (χ0v) is 15.9. The van der Waals surface area contributed by atoms with Crippen molar-refractivity contribution in [1.82, 2.24) is 19.5 Å². The van der Waals surface area contributed by atoms with Gasteiger partial charge in [0.1, 0.15) is 0 Å². The Kier molecular flexibility index (Phi) is 6.18. The highest BCUT2D eigenvalue weighted by atomic mass is 19.4. The maximum Gasteiger partial charge on any atom is 0.417 e. The third kappa shape index (κ3) is 4.44. The second-order valence-electron chi connectivity index (χ2n) is 6.36. The molecule has 0 saturated carbocycles. The van der Waals surface area contributed by atoms with Crippen molar-refractivity contribution in [2.24, 2.45) is 0 Å². The van der Waals surface area contributed by atoms with Crippen LogP contribution in [0.1, 0.15) is 25.8 Å². The first-order chi connectivity index (χ1) is 13.4. The normalized spacial score (nSPS) is 12.1. The minimum atomic E-state index is -4.46. The maximum absolute atomic E-state index is 13.4. The molecule has 3 rings (SSSR count). The number of rotatable bonds is 8. The number of benzene rings is 1. The van der Waals surface area contributed by atoms with Crippen molar-refractivity contribution >= 4 is 5.65 Å². The Morgan fingerprint density at radius 2 is 1.82 bits per heavy atom. The Hall–Kier alpha value is -2.61. The molecule has 0 fully saturated rings. The van der Waals surface area contributed by atoms with E-state index in [1.807, 2.05) is 0 Å². The Balaban J connectivity index is 1.82. The summed E-state index contributed by atoms with van der Waals surface area (Å²) >= 11 is 0. The lowest BCUT2D eigenvalue weighted by atomic mass is 10.0. The summed E-state index contributed by atoms with van der Waals surface area (Å²) in [6.07, 6.45) is -2.22. The van der Waals surface area contributed by atoms with Gasteiger partial charge in [-0.25, -0.2) is 9.50 Å². The molecule has 2 heterocycles. The van der Waals surface area contributed by atoms with Crippen molar-refractivity contribution in [3.63, 3.8) is 0 Å². The molecule has 0 N–H and O–H groups in total. The molecule has 0 saturated heterocycles. The smallest absolute Gasteiger partial charge is 0.417 e. The van der Waals surface area contributed by atoms with Gasteiger partial charge in [-0.05, 0) is 31.6 Å². The Labute approximate surface area is 161 Å². The molecule has 5 nitrogen and oxygen atoms in total. The van der Waals surface area contributed by atoms with Crippen LogP contribution < -0.4 is 4.74 Å². The fourth-order valence-corrected chi connectivity index (χ4v) is 3.08. The molecule has 8 heteroatoms. The van der Waals surface area contributed by atoms with E-state index in [9.17, 15) is 13.2 Å². The van der Waals surface area contributed by atoms with Gasteiger partial charge in [0.25, 0.3) is 0 Å². The van der Waals surface area contributed by atoms with Crippen molar-refractivity contribution in [2.45, 2.75) is 26.4 Å². The lowest BCUT2D eigenvalue weighted by Gasteiger charge is -2.17. The summed E-state index contributed by atoms with van der Waals surface area (Å²) in [6.45, 7) is 7.59. The van der Waals surface area contributed by atoms with Gasteiger partial charge in [0.05, 0.1) is 24.1 Å². The number of hydrogen-bond acceptors (Lipinski definition) is 4. The van der Waals surface area contributed by atoms with E-state index in [0.29, 0.717) is 18.1 Å². The van der Waals surface area contributed by atoms with Gasteiger partial charge in [-0.2, -0.15) is 13.2 Å². The predicted octanol–water partition coefficient (Wildman–Crippen LogP) is 4.53. The number of nitrogens with zero attached hydrogens (tertiary/aromatic N) is 4. The van der Waals surface area contributed by atoms with E-state index in [-0.39, 0.29) is 11.3 Å². The second kappa shape index (κ2) is 8.60. The van der Waals surface area contributed by atoms with Gasteiger partial charge >= 0.3 is 6.18 Å². The van der Waals surface area contributed by atoms with Crippen LogP contribution in [0.2, 0.25) is 0 Å². The lowest BCUT2D eigenvalue weighted by molar-refractivity contribution is -0.137. The molecule has 0 unspecified atom stereocenters. The van der Waals surface area contributed by atoms with Gasteiger partial charge in [-0.1, -0.05) is 32.0 Å². The van der Waals surface area contributed by atoms with E-state index in [1.54, 1.807) is 18.2 Å². The van der Waals surface area contributed by atoms with Crippen LogP contribution in [0.5, 0.6) is 5.88 Å². The SMILES string of the molecule is CCN(CC)CCCOc1ccc2ncc(-c3ccccc3C(F)(F)F)n2n1. The zero-order valence-electron chi connectivity index (χ0n) is 15.9. The third-order valence-corrected chi connectivity index (χ3v) is 4.61. The molecule has 0 atom stereocenters. The Morgan fingerprint density at radius 3 is 2.54 bits per heavy atom. The average molecular weight is 392 g/mol. The number of alkyl halides is 3. The van der Waals surface area contributed by atoms with Crippen molar-refractivity contribution < 1.29 is 17.9 Å². The predicted molar refractivity (Wildman–Crippen MR) is 101 cm³/mol. The lowest BCUT2D eigenvalue weighted by Crippen LogP contribution is -2.25. The Bertz CT molecular complexity index is 919. The zero-order chi connectivity index (χ0) is 20.1. The summed E-state index contributed by atoms with van der Waals surface area (Å²) in [6, 6.07) is 8.78. The maximum atomic E-state index is 13.4. The molecule has 3 aromatic rings. The number of hydrogen-bond donors (Lipinski definition) is 0. The van der Waals surface area contributed by atoms with E-state index in [2.05, 4.69) is 28.8 Å². The molecule has 0 amide bonds. The average Bonchev–Trinajstić information content (AvgIpc) is 3.10.